The average molecular weight is 398 g/mol. The molecule has 0 fully saturated rings. The number of nitrogens with one attached hydrogen (secondary N) is 1. The van der Waals surface area contributed by atoms with Crippen LogP contribution in [0.2, 0.25) is 0 Å². The summed E-state index contributed by atoms with van der Waals surface area (Å²) in [6.07, 6.45) is 1.11. The Labute approximate surface area is 156 Å². The van der Waals surface area contributed by atoms with Crippen molar-refractivity contribution in [3.05, 3.63) is 54.1 Å². The molecular weight excluding hydrogens is 378 g/mol. The molecule has 0 saturated carbocycles. The van der Waals surface area contributed by atoms with Gasteiger partial charge >= 0.3 is 0 Å². The zero-order valence-corrected chi connectivity index (χ0v) is 15.9. The maximum atomic E-state index is 13.8. The Kier molecular flexibility index (Phi) is 6.37. The summed E-state index contributed by atoms with van der Waals surface area (Å²) in [6.45, 7) is 1.63. The highest BCUT2D eigenvalue weighted by atomic mass is 32.2. The highest BCUT2D eigenvalue weighted by Crippen LogP contribution is 2.26. The summed E-state index contributed by atoms with van der Waals surface area (Å²) >= 11 is 0. The predicted molar refractivity (Wildman–Crippen MR) is 99.4 cm³/mol. The molecule has 0 heterocycles. The summed E-state index contributed by atoms with van der Waals surface area (Å²) in [7, 11) is -2.35. The van der Waals surface area contributed by atoms with Gasteiger partial charge in [-0.3, -0.25) is 9.10 Å². The van der Waals surface area contributed by atoms with Gasteiger partial charge in [0.15, 0.2) is 0 Å². The molecule has 1 amide bonds. The number of methoxy groups -OCH3 is 1. The largest absolute Gasteiger partial charge is 0.497 e. The molecule has 0 aliphatic rings. The van der Waals surface area contributed by atoms with E-state index in [0.29, 0.717) is 11.8 Å². The number of halogens is 2. The summed E-state index contributed by atoms with van der Waals surface area (Å²) in [6, 6.07) is 7.73. The number of carbonyl (C=O) groups excluding carboxylic acids is 1. The molecule has 6 nitrogen and oxygen atoms in total. The van der Waals surface area contributed by atoms with Gasteiger partial charge in [0.1, 0.15) is 23.4 Å². The van der Waals surface area contributed by atoms with Gasteiger partial charge in [0.25, 0.3) is 0 Å². The van der Waals surface area contributed by atoms with Crippen molar-refractivity contribution in [3.63, 3.8) is 0 Å². The minimum absolute atomic E-state index is 0.133. The van der Waals surface area contributed by atoms with E-state index in [0.717, 1.165) is 22.7 Å². The van der Waals surface area contributed by atoms with Crippen molar-refractivity contribution in [1.29, 1.82) is 0 Å². The summed E-state index contributed by atoms with van der Waals surface area (Å²) in [5.41, 5.74) is 0.0305. The molecule has 9 heteroatoms. The summed E-state index contributed by atoms with van der Waals surface area (Å²) in [4.78, 5) is 12.7. The van der Waals surface area contributed by atoms with Gasteiger partial charge in [0.2, 0.25) is 15.9 Å². The third-order valence-corrected chi connectivity index (χ3v) is 5.03. The molecule has 2 aromatic rings. The van der Waals surface area contributed by atoms with E-state index < -0.39 is 33.6 Å². The van der Waals surface area contributed by atoms with Crippen molar-refractivity contribution in [2.75, 3.05) is 23.0 Å². The summed E-state index contributed by atoms with van der Waals surface area (Å²) < 4.78 is 57.6. The molecule has 0 saturated heterocycles. The Bertz CT molecular complexity index is 917. The lowest BCUT2D eigenvalue weighted by atomic mass is 10.1. The Balaban J connectivity index is 2.37. The first-order chi connectivity index (χ1) is 12.7. The van der Waals surface area contributed by atoms with Crippen LogP contribution in [0.3, 0.4) is 0 Å². The second kappa shape index (κ2) is 8.34. The Hall–Kier alpha value is -2.68. The van der Waals surface area contributed by atoms with E-state index in [1.54, 1.807) is 19.1 Å². The third-order valence-electron chi connectivity index (χ3n) is 3.85. The van der Waals surface area contributed by atoms with E-state index in [9.17, 15) is 22.0 Å². The Morgan fingerprint density at radius 1 is 1.19 bits per heavy atom. The Morgan fingerprint density at radius 3 is 2.30 bits per heavy atom. The van der Waals surface area contributed by atoms with E-state index in [-0.39, 0.29) is 17.8 Å². The van der Waals surface area contributed by atoms with Crippen LogP contribution in [0.25, 0.3) is 0 Å². The van der Waals surface area contributed by atoms with E-state index in [1.807, 2.05) is 0 Å². The maximum absolute atomic E-state index is 13.8. The van der Waals surface area contributed by atoms with E-state index in [4.69, 9.17) is 4.74 Å². The van der Waals surface area contributed by atoms with E-state index in [1.165, 1.54) is 19.2 Å². The van der Waals surface area contributed by atoms with Crippen LogP contribution in [-0.2, 0) is 14.8 Å². The number of benzene rings is 2. The van der Waals surface area contributed by atoms with Gasteiger partial charge < -0.3 is 10.1 Å². The smallest absolute Gasteiger partial charge is 0.248 e. The van der Waals surface area contributed by atoms with Gasteiger partial charge in [-0.05, 0) is 42.8 Å². The van der Waals surface area contributed by atoms with Crippen LogP contribution in [0.4, 0.5) is 20.2 Å². The number of hydrogen-bond donors (Lipinski definition) is 1. The Morgan fingerprint density at radius 2 is 1.81 bits per heavy atom. The standard InChI is InChI=1S/C18H20F2N2O4S/c1-4-17(18(23)21-16-10-5-12(19)11-15(16)20)22(27(3,24)25)13-6-8-14(26-2)9-7-13/h5-11,17H,4H2,1-3H3,(H,21,23)/t17-/m0/s1. The molecule has 0 aliphatic carbocycles. The number of carbonyl (C=O) groups is 1. The highest BCUT2D eigenvalue weighted by molar-refractivity contribution is 7.92. The molecule has 146 valence electrons. The fourth-order valence-electron chi connectivity index (χ4n) is 2.60. The molecule has 2 aromatic carbocycles. The van der Waals surface area contributed by atoms with Gasteiger partial charge in [-0.15, -0.1) is 0 Å². The average Bonchev–Trinajstić information content (AvgIpc) is 2.61. The van der Waals surface area contributed by atoms with Crippen LogP contribution < -0.4 is 14.4 Å². The normalized spacial score (nSPS) is 12.3. The summed E-state index contributed by atoms with van der Waals surface area (Å²) in [5, 5.41) is 2.32. The number of amides is 1. The third kappa shape index (κ3) is 4.94. The zero-order valence-electron chi connectivity index (χ0n) is 15.1. The first-order valence-corrected chi connectivity index (χ1v) is 9.91. The molecule has 0 unspecified atom stereocenters. The molecule has 1 N–H and O–H groups in total. The SMILES string of the molecule is CC[C@@H](C(=O)Nc1ccc(F)cc1F)N(c1ccc(OC)cc1)S(C)(=O)=O. The lowest BCUT2D eigenvalue weighted by Gasteiger charge is -2.30. The van der Waals surface area contributed by atoms with Crippen LogP contribution in [-0.4, -0.2) is 33.7 Å². The van der Waals surface area contributed by atoms with Gasteiger partial charge in [0.05, 0.1) is 24.7 Å². The lowest BCUT2D eigenvalue weighted by Crippen LogP contribution is -2.47. The maximum Gasteiger partial charge on any atom is 0.248 e. The van der Waals surface area contributed by atoms with Crippen molar-refractivity contribution in [2.24, 2.45) is 0 Å². The van der Waals surface area contributed by atoms with Crippen molar-refractivity contribution in [2.45, 2.75) is 19.4 Å². The monoisotopic (exact) mass is 398 g/mol. The van der Waals surface area contributed by atoms with Crippen LogP contribution in [0.5, 0.6) is 5.75 Å². The number of nitrogens with zero attached hydrogens (tertiary/aromatic N) is 1. The molecular formula is C18H20F2N2O4S. The predicted octanol–water partition coefficient (Wildman–Crippen LogP) is 3.16. The van der Waals surface area contributed by atoms with Gasteiger partial charge in [-0.2, -0.15) is 0 Å². The van der Waals surface area contributed by atoms with Crippen LogP contribution in [0.1, 0.15) is 13.3 Å². The second-order valence-corrected chi connectivity index (χ2v) is 7.65. The highest BCUT2D eigenvalue weighted by Gasteiger charge is 2.32. The van der Waals surface area contributed by atoms with Crippen molar-refractivity contribution < 1.29 is 26.7 Å². The molecule has 2 rings (SSSR count). The minimum atomic E-state index is -3.83. The van der Waals surface area contributed by atoms with Crippen LogP contribution in [0, 0.1) is 11.6 Å². The topological polar surface area (TPSA) is 75.7 Å². The van der Waals surface area contributed by atoms with Gasteiger partial charge in [-0.25, -0.2) is 17.2 Å². The summed E-state index contributed by atoms with van der Waals surface area (Å²) in [5.74, 6) is -1.94. The quantitative estimate of drug-likeness (QED) is 0.777. The fourth-order valence-corrected chi connectivity index (χ4v) is 3.81. The number of anilines is 2. The van der Waals surface area contributed by atoms with Crippen LogP contribution >= 0.6 is 0 Å². The van der Waals surface area contributed by atoms with Crippen molar-refractivity contribution >= 4 is 27.3 Å². The van der Waals surface area contributed by atoms with Crippen molar-refractivity contribution in [1.82, 2.24) is 0 Å². The molecule has 0 aliphatic heterocycles. The van der Waals surface area contributed by atoms with Gasteiger partial charge in [0, 0.05) is 6.07 Å². The molecule has 0 spiro atoms. The van der Waals surface area contributed by atoms with E-state index in [2.05, 4.69) is 5.32 Å². The first kappa shape index (κ1) is 20.6. The molecule has 1 atom stereocenters. The fraction of sp³-hybridized carbons (Fsp3) is 0.278. The molecule has 0 radical (unpaired) electrons. The van der Waals surface area contributed by atoms with Crippen molar-refractivity contribution in [3.8, 4) is 5.75 Å². The molecule has 27 heavy (non-hydrogen) atoms. The molecule has 0 aromatic heterocycles. The number of sulfonamides is 1. The lowest BCUT2D eigenvalue weighted by molar-refractivity contribution is -0.117. The zero-order chi connectivity index (χ0) is 20.2. The number of rotatable bonds is 7. The van der Waals surface area contributed by atoms with Gasteiger partial charge in [-0.1, -0.05) is 6.92 Å². The number of hydrogen-bond acceptors (Lipinski definition) is 4. The first-order valence-electron chi connectivity index (χ1n) is 8.06. The second-order valence-electron chi connectivity index (χ2n) is 5.79. The molecule has 0 bridgehead atoms. The van der Waals surface area contributed by atoms with E-state index >= 15 is 0 Å². The minimum Gasteiger partial charge on any atom is -0.497 e. The van der Waals surface area contributed by atoms with Crippen LogP contribution in [0.15, 0.2) is 42.5 Å². The number of ether oxygens (including phenoxy) is 1.